The van der Waals surface area contributed by atoms with Gasteiger partial charge >= 0.3 is 0 Å². The molecule has 2 aliphatic carbocycles. The molecule has 1 aromatic heterocycles. The van der Waals surface area contributed by atoms with Crippen LogP contribution in [0, 0.1) is 10.1 Å². The van der Waals surface area contributed by atoms with Crippen LogP contribution in [0.5, 0.6) is 0 Å². The molecule has 0 bridgehead atoms. The first-order chi connectivity index (χ1) is 15.5. The molecular formula is C23H31N5O3S. The zero-order chi connectivity index (χ0) is 22.5. The molecule has 8 nitrogen and oxygen atoms in total. The first-order valence-electron chi connectivity index (χ1n) is 11.6. The van der Waals surface area contributed by atoms with Crippen LogP contribution >= 0.6 is 11.8 Å². The monoisotopic (exact) mass is 457 g/mol. The molecule has 2 fully saturated rings. The van der Waals surface area contributed by atoms with Crippen molar-refractivity contribution in [3.63, 3.8) is 0 Å². The molecule has 2 aliphatic rings. The quantitative estimate of drug-likeness (QED) is 0.331. The molecule has 2 saturated carbocycles. The maximum atomic E-state index is 13.4. The number of nitrogens with zero attached hydrogens (tertiary/aromatic N) is 5. The molecule has 0 radical (unpaired) electrons. The molecule has 4 rings (SSSR count). The third kappa shape index (κ3) is 5.14. The molecule has 32 heavy (non-hydrogen) atoms. The van der Waals surface area contributed by atoms with Crippen LogP contribution in [0.1, 0.15) is 64.2 Å². The third-order valence-electron chi connectivity index (χ3n) is 6.72. The topological polar surface area (TPSA) is 94.2 Å². The summed E-state index contributed by atoms with van der Waals surface area (Å²) in [4.78, 5) is 26.1. The van der Waals surface area contributed by atoms with Crippen molar-refractivity contribution in [2.45, 2.75) is 81.4 Å². The normalized spacial score (nSPS) is 17.9. The van der Waals surface area contributed by atoms with Crippen molar-refractivity contribution >= 4 is 23.4 Å². The van der Waals surface area contributed by atoms with Gasteiger partial charge in [-0.05, 0) is 37.8 Å². The van der Waals surface area contributed by atoms with Gasteiger partial charge in [-0.1, -0.05) is 50.3 Å². The highest BCUT2D eigenvalue weighted by atomic mass is 32.2. The van der Waals surface area contributed by atoms with E-state index in [0.717, 1.165) is 31.2 Å². The van der Waals surface area contributed by atoms with Crippen LogP contribution in [0.25, 0.3) is 11.4 Å². The fourth-order valence-electron chi connectivity index (χ4n) is 5.05. The summed E-state index contributed by atoms with van der Waals surface area (Å²) in [6.45, 7) is 0. The van der Waals surface area contributed by atoms with E-state index in [1.165, 1.54) is 62.4 Å². The molecule has 2 aromatic rings. The van der Waals surface area contributed by atoms with E-state index in [2.05, 4.69) is 15.1 Å². The van der Waals surface area contributed by atoms with Crippen molar-refractivity contribution in [1.29, 1.82) is 0 Å². The molecule has 0 saturated heterocycles. The van der Waals surface area contributed by atoms with Crippen LogP contribution < -0.4 is 0 Å². The van der Waals surface area contributed by atoms with Gasteiger partial charge in [0.2, 0.25) is 5.91 Å². The lowest BCUT2D eigenvalue weighted by molar-refractivity contribution is -0.384. The predicted molar refractivity (Wildman–Crippen MR) is 124 cm³/mol. The maximum absolute atomic E-state index is 13.4. The molecule has 9 heteroatoms. The Morgan fingerprint density at radius 2 is 1.59 bits per heavy atom. The van der Waals surface area contributed by atoms with Crippen molar-refractivity contribution in [3.05, 3.63) is 34.4 Å². The smallest absolute Gasteiger partial charge is 0.269 e. The number of carbonyl (C=O) groups is 1. The van der Waals surface area contributed by atoms with E-state index in [4.69, 9.17) is 0 Å². The standard InChI is InChI=1S/C23H31N5O3S/c1-26-22(17-12-14-20(15-13-17)28(30)31)24-25-23(26)32-16-21(29)27(18-8-4-2-5-9-18)19-10-6-3-7-11-19/h12-15,18-19H,2-11,16H2,1H3. The molecule has 1 amide bonds. The Morgan fingerprint density at radius 1 is 1.03 bits per heavy atom. The van der Waals surface area contributed by atoms with E-state index in [1.54, 1.807) is 12.1 Å². The van der Waals surface area contributed by atoms with E-state index < -0.39 is 4.92 Å². The molecule has 0 aliphatic heterocycles. The van der Waals surface area contributed by atoms with Crippen molar-refractivity contribution in [3.8, 4) is 11.4 Å². The summed E-state index contributed by atoms with van der Waals surface area (Å²) in [5.41, 5.74) is 0.802. The van der Waals surface area contributed by atoms with E-state index in [9.17, 15) is 14.9 Å². The number of hydrogen-bond donors (Lipinski definition) is 0. The maximum Gasteiger partial charge on any atom is 0.269 e. The minimum absolute atomic E-state index is 0.0432. The van der Waals surface area contributed by atoms with Gasteiger partial charge in [0.05, 0.1) is 10.7 Å². The summed E-state index contributed by atoms with van der Waals surface area (Å²) in [7, 11) is 1.86. The van der Waals surface area contributed by atoms with Crippen LogP contribution in [-0.2, 0) is 11.8 Å². The largest absolute Gasteiger partial charge is 0.336 e. The fourth-order valence-corrected chi connectivity index (χ4v) is 5.83. The van der Waals surface area contributed by atoms with Crippen LogP contribution in [0.2, 0.25) is 0 Å². The fraction of sp³-hybridized carbons (Fsp3) is 0.609. The van der Waals surface area contributed by atoms with Gasteiger partial charge in [0.15, 0.2) is 11.0 Å². The average Bonchev–Trinajstić information content (AvgIpc) is 3.19. The molecule has 1 aromatic carbocycles. The van der Waals surface area contributed by atoms with E-state index in [0.29, 0.717) is 28.8 Å². The molecule has 0 atom stereocenters. The van der Waals surface area contributed by atoms with E-state index in [1.807, 2.05) is 11.6 Å². The number of nitro benzene ring substituents is 1. The second-order valence-corrected chi connectivity index (χ2v) is 9.79. The first kappa shape index (κ1) is 22.8. The SMILES string of the molecule is Cn1c(SCC(=O)N(C2CCCCC2)C2CCCCC2)nnc1-c1ccc([N+](=O)[O-])cc1. The lowest BCUT2D eigenvalue weighted by atomic mass is 9.88. The molecule has 172 valence electrons. The van der Waals surface area contributed by atoms with Gasteiger partial charge < -0.3 is 9.47 Å². The molecule has 0 spiro atoms. The van der Waals surface area contributed by atoms with Crippen LogP contribution in [0.15, 0.2) is 29.4 Å². The van der Waals surface area contributed by atoms with Gasteiger partial charge in [-0.3, -0.25) is 14.9 Å². The van der Waals surface area contributed by atoms with Crippen LogP contribution in [0.4, 0.5) is 5.69 Å². The van der Waals surface area contributed by atoms with Crippen molar-refractivity contribution in [1.82, 2.24) is 19.7 Å². The Labute approximate surface area is 192 Å². The van der Waals surface area contributed by atoms with Crippen LogP contribution in [-0.4, -0.2) is 48.3 Å². The number of hydrogen-bond acceptors (Lipinski definition) is 6. The number of non-ortho nitro benzene ring substituents is 1. The molecular weight excluding hydrogens is 426 g/mol. The van der Waals surface area contributed by atoms with Gasteiger partial charge in [0, 0.05) is 36.8 Å². The molecule has 0 N–H and O–H groups in total. The summed E-state index contributed by atoms with van der Waals surface area (Å²) >= 11 is 1.42. The predicted octanol–water partition coefficient (Wildman–Crippen LogP) is 4.98. The highest BCUT2D eigenvalue weighted by Gasteiger charge is 2.32. The zero-order valence-electron chi connectivity index (χ0n) is 18.6. The summed E-state index contributed by atoms with van der Waals surface area (Å²) in [5, 5.41) is 20.1. The number of rotatable bonds is 7. The van der Waals surface area contributed by atoms with Gasteiger partial charge in [-0.2, -0.15) is 0 Å². The van der Waals surface area contributed by atoms with Gasteiger partial charge in [-0.15, -0.1) is 10.2 Å². The average molecular weight is 458 g/mol. The Bertz CT molecular complexity index is 916. The Hall–Kier alpha value is -2.42. The van der Waals surface area contributed by atoms with E-state index in [-0.39, 0.29) is 11.6 Å². The molecule has 1 heterocycles. The van der Waals surface area contributed by atoms with Crippen molar-refractivity contribution < 1.29 is 9.72 Å². The number of thioether (sulfide) groups is 1. The van der Waals surface area contributed by atoms with Gasteiger partial charge in [0.25, 0.3) is 5.69 Å². The van der Waals surface area contributed by atoms with Gasteiger partial charge in [-0.25, -0.2) is 0 Å². The summed E-state index contributed by atoms with van der Waals surface area (Å²) in [6, 6.07) is 7.05. The van der Waals surface area contributed by atoms with E-state index >= 15 is 0 Å². The number of amides is 1. The lowest BCUT2D eigenvalue weighted by Crippen LogP contribution is -2.49. The van der Waals surface area contributed by atoms with Crippen molar-refractivity contribution in [2.24, 2.45) is 7.05 Å². The van der Waals surface area contributed by atoms with Gasteiger partial charge in [0.1, 0.15) is 0 Å². The summed E-state index contributed by atoms with van der Waals surface area (Å²) < 4.78 is 1.85. The van der Waals surface area contributed by atoms with Crippen molar-refractivity contribution in [2.75, 3.05) is 5.75 Å². The number of carbonyl (C=O) groups excluding carboxylic acids is 1. The lowest BCUT2D eigenvalue weighted by Gasteiger charge is -2.41. The number of benzene rings is 1. The minimum Gasteiger partial charge on any atom is -0.336 e. The summed E-state index contributed by atoms with van der Waals surface area (Å²) in [5.74, 6) is 1.21. The minimum atomic E-state index is -0.419. The second kappa shape index (κ2) is 10.5. The summed E-state index contributed by atoms with van der Waals surface area (Å²) in [6.07, 6.45) is 11.9. The molecule has 0 unspecified atom stereocenters. The zero-order valence-corrected chi connectivity index (χ0v) is 19.4. The Morgan fingerprint density at radius 3 is 2.12 bits per heavy atom. The number of aromatic nitrogens is 3. The Kier molecular flexibility index (Phi) is 7.44. The highest BCUT2D eigenvalue weighted by Crippen LogP contribution is 2.32. The first-order valence-corrected chi connectivity index (χ1v) is 12.6. The van der Waals surface area contributed by atoms with Crippen LogP contribution in [0.3, 0.4) is 0 Å². The number of nitro groups is 1. The highest BCUT2D eigenvalue weighted by molar-refractivity contribution is 7.99. The second-order valence-electron chi connectivity index (χ2n) is 8.84. The third-order valence-corrected chi connectivity index (χ3v) is 7.73. The Balaban J connectivity index is 1.44.